The second kappa shape index (κ2) is 7.91. The molecule has 5 nitrogen and oxygen atoms in total. The lowest BCUT2D eigenvalue weighted by Gasteiger charge is -2.34. The zero-order chi connectivity index (χ0) is 17.8. The van der Waals surface area contributed by atoms with Gasteiger partial charge >= 0.3 is 0 Å². The van der Waals surface area contributed by atoms with E-state index in [-0.39, 0.29) is 29.3 Å². The first-order chi connectivity index (χ1) is 12.0. The largest absolute Gasteiger partial charge is 0.381 e. The van der Waals surface area contributed by atoms with Crippen LogP contribution in [0.1, 0.15) is 25.7 Å². The molecule has 0 spiro atoms. The molecule has 1 aromatic carbocycles. The first kappa shape index (κ1) is 17.8. The minimum atomic E-state index is -0.991. The van der Waals surface area contributed by atoms with Crippen molar-refractivity contribution in [3.8, 4) is 0 Å². The Labute approximate surface area is 145 Å². The van der Waals surface area contributed by atoms with Crippen LogP contribution in [0.2, 0.25) is 0 Å². The molecule has 3 rings (SSSR count). The van der Waals surface area contributed by atoms with Gasteiger partial charge in [-0.25, -0.2) is 8.78 Å². The van der Waals surface area contributed by atoms with Crippen molar-refractivity contribution in [1.82, 2.24) is 4.90 Å². The van der Waals surface area contributed by atoms with Crippen molar-refractivity contribution in [2.24, 2.45) is 11.8 Å². The van der Waals surface area contributed by atoms with Crippen molar-refractivity contribution in [1.29, 1.82) is 0 Å². The lowest BCUT2D eigenvalue weighted by Crippen LogP contribution is -2.45. The van der Waals surface area contributed by atoms with Crippen LogP contribution < -0.4 is 5.32 Å². The highest BCUT2D eigenvalue weighted by Crippen LogP contribution is 2.24. The van der Waals surface area contributed by atoms with Gasteiger partial charge in [0.05, 0.1) is 0 Å². The van der Waals surface area contributed by atoms with Crippen molar-refractivity contribution in [3.05, 3.63) is 29.8 Å². The number of carbonyl (C=O) groups is 2. The number of hydrogen-bond donors (Lipinski definition) is 1. The molecular formula is C18H22F2N2O3. The highest BCUT2D eigenvalue weighted by atomic mass is 19.2. The molecule has 2 aliphatic heterocycles. The lowest BCUT2D eigenvalue weighted by molar-refractivity contribution is -0.141. The van der Waals surface area contributed by atoms with Crippen molar-refractivity contribution in [2.75, 3.05) is 31.6 Å². The van der Waals surface area contributed by atoms with E-state index in [0.717, 1.165) is 25.0 Å². The number of halogens is 2. The minimum absolute atomic E-state index is 0.0290. The molecule has 7 heteroatoms. The third-order valence-corrected chi connectivity index (χ3v) is 4.94. The first-order valence-electron chi connectivity index (χ1n) is 8.67. The van der Waals surface area contributed by atoms with E-state index in [2.05, 4.69) is 5.32 Å². The number of hydrogen-bond acceptors (Lipinski definition) is 3. The van der Waals surface area contributed by atoms with Gasteiger partial charge in [-0.3, -0.25) is 9.59 Å². The van der Waals surface area contributed by atoms with Gasteiger partial charge in [-0.05, 0) is 37.8 Å². The van der Waals surface area contributed by atoms with Gasteiger partial charge in [0.25, 0.3) is 0 Å². The molecule has 0 atom stereocenters. The Kier molecular flexibility index (Phi) is 5.63. The Hall–Kier alpha value is -2.02. The summed E-state index contributed by atoms with van der Waals surface area (Å²) >= 11 is 0. The number of amides is 2. The van der Waals surface area contributed by atoms with E-state index in [9.17, 15) is 18.4 Å². The normalized spacial score (nSPS) is 19.7. The molecule has 25 heavy (non-hydrogen) atoms. The molecule has 0 aliphatic carbocycles. The van der Waals surface area contributed by atoms with Crippen LogP contribution in [0.3, 0.4) is 0 Å². The Morgan fingerprint density at radius 2 is 1.68 bits per heavy atom. The van der Waals surface area contributed by atoms with Crippen LogP contribution in [0.4, 0.5) is 14.5 Å². The molecule has 136 valence electrons. The number of rotatable bonds is 3. The van der Waals surface area contributed by atoms with E-state index in [4.69, 9.17) is 4.74 Å². The maximum Gasteiger partial charge on any atom is 0.227 e. The highest BCUT2D eigenvalue weighted by molar-refractivity contribution is 5.92. The molecule has 0 bridgehead atoms. The SMILES string of the molecule is O=C(Nc1ccc(F)c(F)c1)C1CCN(C(=O)C2CCOCC2)CC1. The molecule has 0 unspecified atom stereocenters. The molecule has 2 saturated heterocycles. The highest BCUT2D eigenvalue weighted by Gasteiger charge is 2.31. The Morgan fingerprint density at radius 1 is 1.00 bits per heavy atom. The van der Waals surface area contributed by atoms with E-state index in [1.165, 1.54) is 6.07 Å². The minimum Gasteiger partial charge on any atom is -0.381 e. The molecule has 2 heterocycles. The Bertz CT molecular complexity index is 639. The van der Waals surface area contributed by atoms with Crippen LogP contribution in [0, 0.1) is 23.5 Å². The van der Waals surface area contributed by atoms with Gasteiger partial charge in [0, 0.05) is 49.9 Å². The maximum atomic E-state index is 13.2. The van der Waals surface area contributed by atoms with Crippen LogP contribution in [-0.4, -0.2) is 43.0 Å². The van der Waals surface area contributed by atoms with Crippen LogP contribution in [0.5, 0.6) is 0 Å². The molecule has 2 fully saturated rings. The second-order valence-electron chi connectivity index (χ2n) is 6.60. The summed E-state index contributed by atoms with van der Waals surface area (Å²) in [6.45, 7) is 2.35. The Morgan fingerprint density at radius 3 is 2.32 bits per heavy atom. The van der Waals surface area contributed by atoms with Gasteiger partial charge in [-0.2, -0.15) is 0 Å². The summed E-state index contributed by atoms with van der Waals surface area (Å²) in [5.74, 6) is -2.20. The average molecular weight is 352 g/mol. The number of likely N-dealkylation sites (tertiary alicyclic amines) is 1. The van der Waals surface area contributed by atoms with Gasteiger partial charge < -0.3 is 15.0 Å². The summed E-state index contributed by atoms with van der Waals surface area (Å²) in [5.41, 5.74) is 0.240. The fourth-order valence-electron chi connectivity index (χ4n) is 3.38. The standard InChI is InChI=1S/C18H22F2N2O3/c19-15-2-1-14(11-16(15)20)21-17(23)12-3-7-22(8-4-12)18(24)13-5-9-25-10-6-13/h1-2,11-13H,3-10H2,(H,21,23). The van der Waals surface area contributed by atoms with Gasteiger partial charge in [0.15, 0.2) is 11.6 Å². The number of benzene rings is 1. The van der Waals surface area contributed by atoms with Crippen LogP contribution in [0.15, 0.2) is 18.2 Å². The number of piperidine rings is 1. The second-order valence-corrected chi connectivity index (χ2v) is 6.60. The third kappa shape index (κ3) is 4.34. The summed E-state index contributed by atoms with van der Waals surface area (Å²) < 4.78 is 31.4. The van der Waals surface area contributed by atoms with Crippen LogP contribution >= 0.6 is 0 Å². The van der Waals surface area contributed by atoms with E-state index >= 15 is 0 Å². The molecule has 2 amide bonds. The molecule has 1 N–H and O–H groups in total. The van der Waals surface area contributed by atoms with Gasteiger partial charge in [-0.1, -0.05) is 0 Å². The van der Waals surface area contributed by atoms with Gasteiger partial charge in [0.2, 0.25) is 11.8 Å². The number of nitrogens with zero attached hydrogens (tertiary/aromatic N) is 1. The number of ether oxygens (including phenoxy) is 1. The summed E-state index contributed by atoms with van der Waals surface area (Å²) in [7, 11) is 0. The summed E-state index contributed by atoms with van der Waals surface area (Å²) in [5, 5.41) is 2.62. The van der Waals surface area contributed by atoms with Crippen molar-refractivity contribution in [3.63, 3.8) is 0 Å². The van der Waals surface area contributed by atoms with E-state index < -0.39 is 11.6 Å². The van der Waals surface area contributed by atoms with Gasteiger partial charge in [-0.15, -0.1) is 0 Å². The lowest BCUT2D eigenvalue weighted by atomic mass is 9.93. The van der Waals surface area contributed by atoms with Crippen LogP contribution in [0.25, 0.3) is 0 Å². The number of carbonyl (C=O) groups excluding carboxylic acids is 2. The predicted octanol–water partition coefficient (Wildman–Crippen LogP) is 2.57. The molecule has 2 aliphatic rings. The molecule has 0 saturated carbocycles. The molecular weight excluding hydrogens is 330 g/mol. The monoisotopic (exact) mass is 352 g/mol. The summed E-state index contributed by atoms with van der Waals surface area (Å²) in [4.78, 5) is 26.6. The molecule has 0 aromatic heterocycles. The van der Waals surface area contributed by atoms with Crippen LogP contribution in [-0.2, 0) is 14.3 Å². The van der Waals surface area contributed by atoms with E-state index in [1.807, 2.05) is 4.90 Å². The topological polar surface area (TPSA) is 58.6 Å². The zero-order valence-electron chi connectivity index (χ0n) is 14.0. The average Bonchev–Trinajstić information content (AvgIpc) is 2.65. The fraction of sp³-hybridized carbons (Fsp3) is 0.556. The Balaban J connectivity index is 1.50. The third-order valence-electron chi connectivity index (χ3n) is 4.94. The number of anilines is 1. The quantitative estimate of drug-likeness (QED) is 0.910. The predicted molar refractivity (Wildman–Crippen MR) is 87.8 cm³/mol. The molecule has 0 radical (unpaired) electrons. The van der Waals surface area contributed by atoms with E-state index in [0.29, 0.717) is 39.1 Å². The maximum absolute atomic E-state index is 13.2. The molecule has 1 aromatic rings. The van der Waals surface area contributed by atoms with Crippen molar-refractivity contribution < 1.29 is 23.1 Å². The van der Waals surface area contributed by atoms with Gasteiger partial charge in [0.1, 0.15) is 0 Å². The van der Waals surface area contributed by atoms with Crippen molar-refractivity contribution >= 4 is 17.5 Å². The smallest absolute Gasteiger partial charge is 0.227 e. The van der Waals surface area contributed by atoms with Crippen molar-refractivity contribution in [2.45, 2.75) is 25.7 Å². The summed E-state index contributed by atoms with van der Waals surface area (Å²) in [6, 6.07) is 3.29. The fourth-order valence-corrected chi connectivity index (χ4v) is 3.38. The van der Waals surface area contributed by atoms with E-state index in [1.54, 1.807) is 0 Å². The number of nitrogens with one attached hydrogen (secondary N) is 1. The zero-order valence-corrected chi connectivity index (χ0v) is 14.0. The first-order valence-corrected chi connectivity index (χ1v) is 8.67. The summed E-state index contributed by atoms with van der Waals surface area (Å²) in [6.07, 6.45) is 2.67.